The van der Waals surface area contributed by atoms with E-state index < -0.39 is 6.08 Å². The molecule has 1 heterocycles. The summed E-state index contributed by atoms with van der Waals surface area (Å²) in [6.07, 6.45) is -1.52. The van der Waals surface area contributed by atoms with Gasteiger partial charge >= 0.3 is 6.08 Å². The van der Waals surface area contributed by atoms with Crippen molar-refractivity contribution in [3.05, 3.63) is 41.7 Å². The van der Waals surface area contributed by atoms with Gasteiger partial charge in [0.05, 0.1) is 0 Å². The van der Waals surface area contributed by atoms with Crippen LogP contribution < -0.4 is 4.74 Å². The molecule has 62 valence electrons. The van der Waals surface area contributed by atoms with Crippen molar-refractivity contribution in [2.24, 2.45) is 0 Å². The number of para-hydroxylation sites is 1. The lowest BCUT2D eigenvalue weighted by atomic mass is 10.1. The zero-order valence-electron chi connectivity index (χ0n) is 6.18. The van der Waals surface area contributed by atoms with E-state index in [9.17, 15) is 8.78 Å². The maximum atomic E-state index is 12.1. The molecule has 0 spiro atoms. The molecule has 0 saturated heterocycles. The van der Waals surface area contributed by atoms with E-state index in [0.29, 0.717) is 5.75 Å². The molecule has 12 heavy (non-hydrogen) atoms. The molecule has 0 radical (unpaired) electrons. The predicted octanol–water partition coefficient (Wildman–Crippen LogP) is 2.73. The zero-order valence-corrected chi connectivity index (χ0v) is 6.18. The van der Waals surface area contributed by atoms with Crippen molar-refractivity contribution in [1.29, 1.82) is 0 Å². The molecule has 0 N–H and O–H groups in total. The molecule has 0 aliphatic carbocycles. The summed E-state index contributed by atoms with van der Waals surface area (Å²) >= 11 is 0. The number of ether oxygens (including phenoxy) is 1. The summed E-state index contributed by atoms with van der Waals surface area (Å²) in [5.74, 6) is 0.316. The normalized spacial score (nSPS) is 14.0. The average molecular weight is 168 g/mol. The van der Waals surface area contributed by atoms with E-state index in [-0.39, 0.29) is 12.2 Å². The molecule has 0 amide bonds. The van der Waals surface area contributed by atoms with Crippen LogP contribution in [0.2, 0.25) is 0 Å². The average Bonchev–Trinajstić information content (AvgIpc) is 2.46. The van der Waals surface area contributed by atoms with Crippen LogP contribution in [-0.2, 0) is 6.42 Å². The van der Waals surface area contributed by atoms with Gasteiger partial charge in [-0.3, -0.25) is 0 Å². The summed E-state index contributed by atoms with van der Waals surface area (Å²) < 4.78 is 29.0. The summed E-state index contributed by atoms with van der Waals surface area (Å²) in [5.41, 5.74) is 0.820. The Morgan fingerprint density at radius 3 is 2.67 bits per heavy atom. The molecule has 1 nitrogen and oxygen atoms in total. The largest absolute Gasteiger partial charge is 0.455 e. The first-order chi connectivity index (χ1) is 5.77. The van der Waals surface area contributed by atoms with E-state index >= 15 is 0 Å². The van der Waals surface area contributed by atoms with Crippen molar-refractivity contribution in [3.63, 3.8) is 0 Å². The second kappa shape index (κ2) is 2.59. The fraction of sp³-hybridized carbons (Fsp3) is 0.111. The number of fused-ring (bicyclic) bond motifs is 1. The number of allylic oxidation sites excluding steroid dienone is 1. The second-order valence-electron chi connectivity index (χ2n) is 2.57. The maximum Gasteiger partial charge on any atom is 0.308 e. The van der Waals surface area contributed by atoms with Crippen LogP contribution in [0.5, 0.6) is 5.75 Å². The highest BCUT2D eigenvalue weighted by Crippen LogP contribution is 2.32. The van der Waals surface area contributed by atoms with Gasteiger partial charge in [0.2, 0.25) is 0 Å². The molecular formula is C9H6F2O. The second-order valence-corrected chi connectivity index (χ2v) is 2.57. The molecule has 0 aromatic heterocycles. The van der Waals surface area contributed by atoms with Crippen LogP contribution in [0.1, 0.15) is 5.56 Å². The van der Waals surface area contributed by atoms with E-state index in [1.807, 2.05) is 0 Å². The molecule has 1 aromatic carbocycles. The lowest BCUT2D eigenvalue weighted by Crippen LogP contribution is -1.88. The number of benzene rings is 1. The summed E-state index contributed by atoms with van der Waals surface area (Å²) in [6.45, 7) is 0. The molecule has 2 rings (SSSR count). The number of hydrogen-bond acceptors (Lipinski definition) is 1. The molecule has 0 bridgehead atoms. The van der Waals surface area contributed by atoms with Gasteiger partial charge in [-0.2, -0.15) is 8.78 Å². The van der Waals surface area contributed by atoms with Gasteiger partial charge in [0.25, 0.3) is 0 Å². The summed E-state index contributed by atoms with van der Waals surface area (Å²) in [4.78, 5) is 0. The fourth-order valence-corrected chi connectivity index (χ4v) is 1.20. The van der Waals surface area contributed by atoms with Gasteiger partial charge in [-0.25, -0.2) is 0 Å². The van der Waals surface area contributed by atoms with Gasteiger partial charge in [-0.05, 0) is 6.07 Å². The summed E-state index contributed by atoms with van der Waals surface area (Å²) in [6, 6.07) is 7.04. The van der Waals surface area contributed by atoms with E-state index in [4.69, 9.17) is 4.74 Å². The van der Waals surface area contributed by atoms with Crippen molar-refractivity contribution < 1.29 is 13.5 Å². The molecule has 1 aliphatic heterocycles. The lowest BCUT2D eigenvalue weighted by Gasteiger charge is -1.95. The Morgan fingerprint density at radius 2 is 2.00 bits per heavy atom. The predicted molar refractivity (Wildman–Crippen MR) is 40.0 cm³/mol. The van der Waals surface area contributed by atoms with Gasteiger partial charge < -0.3 is 4.74 Å². The van der Waals surface area contributed by atoms with Crippen LogP contribution in [-0.4, -0.2) is 0 Å². The Balaban J connectivity index is 2.40. The minimum Gasteiger partial charge on any atom is -0.455 e. The molecule has 0 saturated carbocycles. The minimum absolute atomic E-state index is 0.207. The Labute approximate surface area is 68.3 Å². The third-order valence-corrected chi connectivity index (χ3v) is 1.77. The topological polar surface area (TPSA) is 9.23 Å². The van der Waals surface area contributed by atoms with Gasteiger partial charge in [0, 0.05) is 12.0 Å². The summed E-state index contributed by atoms with van der Waals surface area (Å²) in [5, 5.41) is 0. The number of halogens is 2. The van der Waals surface area contributed by atoms with Crippen LogP contribution in [0, 0.1) is 0 Å². The van der Waals surface area contributed by atoms with Crippen molar-refractivity contribution in [2.75, 3.05) is 0 Å². The van der Waals surface area contributed by atoms with Gasteiger partial charge in [0.1, 0.15) is 5.75 Å². The quantitative estimate of drug-likeness (QED) is 0.578. The Morgan fingerprint density at radius 1 is 1.25 bits per heavy atom. The van der Waals surface area contributed by atoms with E-state index in [0.717, 1.165) is 5.56 Å². The summed E-state index contributed by atoms with van der Waals surface area (Å²) in [7, 11) is 0. The first-order valence-corrected chi connectivity index (χ1v) is 3.57. The molecule has 0 unspecified atom stereocenters. The van der Waals surface area contributed by atoms with Crippen molar-refractivity contribution >= 4 is 0 Å². The van der Waals surface area contributed by atoms with Gasteiger partial charge in [0.15, 0.2) is 5.76 Å². The van der Waals surface area contributed by atoms with Gasteiger partial charge in [-0.1, -0.05) is 18.2 Å². The fourth-order valence-electron chi connectivity index (χ4n) is 1.20. The Hall–Kier alpha value is -1.38. The minimum atomic E-state index is -1.73. The van der Waals surface area contributed by atoms with E-state index in [1.54, 1.807) is 24.3 Å². The van der Waals surface area contributed by atoms with E-state index in [2.05, 4.69) is 0 Å². The van der Waals surface area contributed by atoms with Crippen LogP contribution in [0.15, 0.2) is 36.1 Å². The third kappa shape index (κ3) is 1.07. The monoisotopic (exact) mass is 168 g/mol. The highest BCUT2D eigenvalue weighted by molar-refractivity contribution is 5.41. The molecule has 0 atom stereocenters. The molecule has 1 aromatic rings. The van der Waals surface area contributed by atoms with Crippen LogP contribution in [0.3, 0.4) is 0 Å². The lowest BCUT2D eigenvalue weighted by molar-refractivity contribution is 0.338. The SMILES string of the molecule is FC(F)=C1Cc2ccccc2O1. The highest BCUT2D eigenvalue weighted by Gasteiger charge is 2.20. The highest BCUT2D eigenvalue weighted by atomic mass is 19.3. The van der Waals surface area contributed by atoms with Crippen LogP contribution in [0.4, 0.5) is 8.78 Å². The first-order valence-electron chi connectivity index (χ1n) is 3.57. The smallest absolute Gasteiger partial charge is 0.308 e. The van der Waals surface area contributed by atoms with Crippen LogP contribution in [0.25, 0.3) is 0 Å². The van der Waals surface area contributed by atoms with Crippen molar-refractivity contribution in [3.8, 4) is 5.75 Å². The third-order valence-electron chi connectivity index (χ3n) is 1.77. The van der Waals surface area contributed by atoms with E-state index in [1.165, 1.54) is 0 Å². The Kier molecular flexibility index (Phi) is 1.57. The number of rotatable bonds is 0. The van der Waals surface area contributed by atoms with Gasteiger partial charge in [-0.15, -0.1) is 0 Å². The molecule has 1 aliphatic rings. The Bertz CT molecular complexity index is 313. The standard InChI is InChI=1S/C9H6F2O/c10-9(11)8-5-6-3-1-2-4-7(6)12-8/h1-4H,5H2. The maximum absolute atomic E-state index is 12.1. The van der Waals surface area contributed by atoms with Crippen molar-refractivity contribution in [2.45, 2.75) is 6.42 Å². The molecule has 0 fully saturated rings. The first kappa shape index (κ1) is 7.28. The van der Waals surface area contributed by atoms with Crippen LogP contribution >= 0.6 is 0 Å². The zero-order chi connectivity index (χ0) is 8.55. The molecular weight excluding hydrogens is 162 g/mol. The van der Waals surface area contributed by atoms with Crippen molar-refractivity contribution in [1.82, 2.24) is 0 Å². The molecule has 3 heteroatoms. The number of hydrogen-bond donors (Lipinski definition) is 0.